The van der Waals surface area contributed by atoms with Crippen LogP contribution in [0, 0.1) is 0 Å². The number of hydrogen-bond donors (Lipinski definition) is 1. The molecule has 0 saturated heterocycles. The lowest BCUT2D eigenvalue weighted by Gasteiger charge is -2.33. The molecule has 84 valence electrons. The van der Waals surface area contributed by atoms with Gasteiger partial charge in [0.2, 0.25) is 0 Å². The molecule has 0 radical (unpaired) electrons. The number of carbonyl (C=O) groups is 1. The number of rotatable bonds is 3. The van der Waals surface area contributed by atoms with E-state index >= 15 is 0 Å². The fourth-order valence-electron chi connectivity index (χ4n) is 1.35. The molecule has 0 atom stereocenters. The lowest BCUT2D eigenvalue weighted by Crippen LogP contribution is -2.56. The Morgan fingerprint density at radius 3 is 1.86 bits per heavy atom. The van der Waals surface area contributed by atoms with Gasteiger partial charge in [-0.25, -0.2) is 0 Å². The average Bonchev–Trinajstić information content (AvgIpc) is 1.78. The zero-order valence-electron chi connectivity index (χ0n) is 10.4. The third-order valence-corrected chi connectivity index (χ3v) is 1.54. The molecule has 0 fully saturated rings. The van der Waals surface area contributed by atoms with Crippen LogP contribution in [0.1, 0.15) is 48.5 Å². The standard InChI is InChI=1S/C11H23NO2/c1-8(2)14-9(13)11(6,7)12-10(3,4)5/h8,12H,1-7H3. The van der Waals surface area contributed by atoms with E-state index in [0.29, 0.717) is 0 Å². The van der Waals surface area contributed by atoms with Crippen LogP contribution in [0.15, 0.2) is 0 Å². The molecule has 0 spiro atoms. The van der Waals surface area contributed by atoms with Crippen LogP contribution in [0.2, 0.25) is 0 Å². The van der Waals surface area contributed by atoms with Crippen molar-refractivity contribution in [3.05, 3.63) is 0 Å². The van der Waals surface area contributed by atoms with Crippen LogP contribution < -0.4 is 5.32 Å². The van der Waals surface area contributed by atoms with Gasteiger partial charge >= 0.3 is 5.97 Å². The first-order chi connectivity index (χ1) is 6.04. The second-order valence-electron chi connectivity index (χ2n) is 5.45. The second kappa shape index (κ2) is 4.30. The summed E-state index contributed by atoms with van der Waals surface area (Å²) >= 11 is 0. The number of esters is 1. The van der Waals surface area contributed by atoms with Crippen LogP contribution in [-0.2, 0) is 9.53 Å². The Balaban J connectivity index is 4.38. The predicted molar refractivity (Wildman–Crippen MR) is 58.2 cm³/mol. The first-order valence-electron chi connectivity index (χ1n) is 5.05. The lowest BCUT2D eigenvalue weighted by atomic mass is 9.99. The first kappa shape index (κ1) is 13.4. The molecule has 0 heterocycles. The molecule has 3 heteroatoms. The third kappa shape index (κ3) is 5.22. The highest BCUT2D eigenvalue weighted by Gasteiger charge is 2.33. The molecule has 0 aromatic heterocycles. The highest BCUT2D eigenvalue weighted by Crippen LogP contribution is 2.13. The largest absolute Gasteiger partial charge is 0.462 e. The molecule has 0 rings (SSSR count). The van der Waals surface area contributed by atoms with E-state index in [2.05, 4.69) is 5.32 Å². The van der Waals surface area contributed by atoms with E-state index in [1.54, 1.807) is 0 Å². The molecular weight excluding hydrogens is 178 g/mol. The molecule has 0 amide bonds. The summed E-state index contributed by atoms with van der Waals surface area (Å²) in [4.78, 5) is 11.7. The lowest BCUT2D eigenvalue weighted by molar-refractivity contribution is -0.154. The monoisotopic (exact) mass is 201 g/mol. The van der Waals surface area contributed by atoms with Crippen molar-refractivity contribution in [2.24, 2.45) is 0 Å². The molecule has 0 aromatic carbocycles. The Morgan fingerprint density at radius 1 is 1.14 bits per heavy atom. The molecule has 0 unspecified atom stereocenters. The van der Waals surface area contributed by atoms with Gasteiger partial charge in [0.15, 0.2) is 0 Å². The molecule has 0 aliphatic rings. The molecule has 1 N–H and O–H groups in total. The molecular formula is C11H23NO2. The van der Waals surface area contributed by atoms with E-state index in [-0.39, 0.29) is 17.6 Å². The summed E-state index contributed by atoms with van der Waals surface area (Å²) in [6.07, 6.45) is -0.0662. The van der Waals surface area contributed by atoms with Gasteiger partial charge in [-0.2, -0.15) is 0 Å². The average molecular weight is 201 g/mol. The van der Waals surface area contributed by atoms with Gasteiger partial charge in [0.1, 0.15) is 5.54 Å². The highest BCUT2D eigenvalue weighted by molar-refractivity contribution is 5.80. The zero-order valence-corrected chi connectivity index (χ0v) is 10.4. The van der Waals surface area contributed by atoms with Crippen molar-refractivity contribution in [3.8, 4) is 0 Å². The topological polar surface area (TPSA) is 38.3 Å². The molecule has 0 aliphatic carbocycles. The van der Waals surface area contributed by atoms with Gasteiger partial charge in [-0.3, -0.25) is 10.1 Å². The summed E-state index contributed by atoms with van der Waals surface area (Å²) < 4.78 is 5.16. The molecule has 0 saturated carbocycles. The first-order valence-corrected chi connectivity index (χ1v) is 5.05. The van der Waals surface area contributed by atoms with Crippen molar-refractivity contribution in [1.29, 1.82) is 0 Å². The van der Waals surface area contributed by atoms with Crippen molar-refractivity contribution < 1.29 is 9.53 Å². The second-order valence-corrected chi connectivity index (χ2v) is 5.45. The Morgan fingerprint density at radius 2 is 1.57 bits per heavy atom. The molecule has 0 bridgehead atoms. The maximum absolute atomic E-state index is 11.7. The van der Waals surface area contributed by atoms with Crippen LogP contribution in [0.5, 0.6) is 0 Å². The minimum atomic E-state index is -0.636. The fraction of sp³-hybridized carbons (Fsp3) is 0.909. The van der Waals surface area contributed by atoms with Gasteiger partial charge < -0.3 is 4.74 Å². The fourth-order valence-corrected chi connectivity index (χ4v) is 1.35. The maximum Gasteiger partial charge on any atom is 0.326 e. The summed E-state index contributed by atoms with van der Waals surface area (Å²) in [6, 6.07) is 0. The van der Waals surface area contributed by atoms with Crippen molar-refractivity contribution in [2.45, 2.75) is 65.6 Å². The Kier molecular flexibility index (Phi) is 4.13. The smallest absolute Gasteiger partial charge is 0.326 e. The Hall–Kier alpha value is -0.570. The van der Waals surface area contributed by atoms with Gasteiger partial charge in [0.25, 0.3) is 0 Å². The highest BCUT2D eigenvalue weighted by atomic mass is 16.5. The SMILES string of the molecule is CC(C)OC(=O)C(C)(C)NC(C)(C)C. The summed E-state index contributed by atoms with van der Waals surface area (Å²) in [5, 5.41) is 3.23. The van der Waals surface area contributed by atoms with Crippen molar-refractivity contribution in [2.75, 3.05) is 0 Å². The van der Waals surface area contributed by atoms with Gasteiger partial charge in [0, 0.05) is 5.54 Å². The summed E-state index contributed by atoms with van der Waals surface area (Å²) in [5.41, 5.74) is -0.734. The molecule has 0 aliphatic heterocycles. The zero-order chi connectivity index (χ0) is 11.6. The molecule has 0 aromatic rings. The third-order valence-electron chi connectivity index (χ3n) is 1.54. The van der Waals surface area contributed by atoms with Crippen LogP contribution in [0.25, 0.3) is 0 Å². The van der Waals surface area contributed by atoms with Crippen molar-refractivity contribution in [1.82, 2.24) is 5.32 Å². The number of nitrogens with one attached hydrogen (secondary N) is 1. The maximum atomic E-state index is 11.7. The van der Waals surface area contributed by atoms with E-state index in [1.165, 1.54) is 0 Å². The van der Waals surface area contributed by atoms with Gasteiger partial charge in [-0.05, 0) is 48.5 Å². The number of hydrogen-bond acceptors (Lipinski definition) is 3. The van der Waals surface area contributed by atoms with Crippen LogP contribution in [0.3, 0.4) is 0 Å². The minimum absolute atomic E-state index is 0.0662. The van der Waals surface area contributed by atoms with E-state index in [1.807, 2.05) is 48.5 Å². The van der Waals surface area contributed by atoms with Crippen LogP contribution in [0.4, 0.5) is 0 Å². The van der Waals surface area contributed by atoms with E-state index < -0.39 is 5.54 Å². The Bertz CT molecular complexity index is 202. The van der Waals surface area contributed by atoms with Crippen molar-refractivity contribution in [3.63, 3.8) is 0 Å². The summed E-state index contributed by atoms with van der Waals surface area (Å²) in [6.45, 7) is 13.5. The minimum Gasteiger partial charge on any atom is -0.462 e. The van der Waals surface area contributed by atoms with E-state index in [4.69, 9.17) is 4.74 Å². The number of carbonyl (C=O) groups excluding carboxylic acids is 1. The van der Waals surface area contributed by atoms with Gasteiger partial charge in [-0.15, -0.1) is 0 Å². The molecule has 14 heavy (non-hydrogen) atoms. The summed E-state index contributed by atoms with van der Waals surface area (Å²) in [5.74, 6) is -0.206. The van der Waals surface area contributed by atoms with Gasteiger partial charge in [0.05, 0.1) is 6.10 Å². The predicted octanol–water partition coefficient (Wildman–Crippen LogP) is 2.10. The van der Waals surface area contributed by atoms with Crippen molar-refractivity contribution >= 4 is 5.97 Å². The van der Waals surface area contributed by atoms with E-state index in [0.717, 1.165) is 0 Å². The normalized spacial score (nSPS) is 13.1. The molecule has 3 nitrogen and oxygen atoms in total. The number of ether oxygens (including phenoxy) is 1. The van der Waals surface area contributed by atoms with Crippen LogP contribution >= 0.6 is 0 Å². The summed E-state index contributed by atoms with van der Waals surface area (Å²) in [7, 11) is 0. The van der Waals surface area contributed by atoms with Gasteiger partial charge in [-0.1, -0.05) is 0 Å². The van der Waals surface area contributed by atoms with E-state index in [9.17, 15) is 4.79 Å². The Labute approximate surface area is 87.2 Å². The quantitative estimate of drug-likeness (QED) is 0.711. The van der Waals surface area contributed by atoms with Crippen LogP contribution in [-0.4, -0.2) is 23.2 Å².